The number of amides is 2. The van der Waals surface area contributed by atoms with Gasteiger partial charge in [0, 0.05) is 24.8 Å². The summed E-state index contributed by atoms with van der Waals surface area (Å²) in [6.07, 6.45) is 0.958. The number of nitrogens with one attached hydrogen (secondary N) is 1. The number of nitrogens with zero attached hydrogens (tertiary/aromatic N) is 2. The second-order valence-electron chi connectivity index (χ2n) is 7.15. The third-order valence-corrected chi connectivity index (χ3v) is 4.66. The van der Waals surface area contributed by atoms with Crippen molar-refractivity contribution in [2.45, 2.75) is 13.3 Å². The average molecular weight is 397 g/mol. The Morgan fingerprint density at radius 3 is 2.66 bits per heavy atom. The first-order valence-corrected chi connectivity index (χ1v) is 9.70. The van der Waals surface area contributed by atoms with Gasteiger partial charge in [0.25, 0.3) is 11.8 Å². The first-order valence-electron chi connectivity index (χ1n) is 9.70. The molecule has 0 saturated heterocycles. The fraction of sp³-hybridized carbons (Fsp3) is 0.364. The van der Waals surface area contributed by atoms with E-state index in [0.717, 1.165) is 13.0 Å². The van der Waals surface area contributed by atoms with E-state index in [2.05, 4.69) is 12.2 Å². The second-order valence-corrected chi connectivity index (χ2v) is 7.15. The van der Waals surface area contributed by atoms with Gasteiger partial charge in [0.15, 0.2) is 13.2 Å². The van der Waals surface area contributed by atoms with Crippen LogP contribution in [-0.4, -0.2) is 57.1 Å². The highest BCUT2D eigenvalue weighted by Crippen LogP contribution is 2.34. The molecule has 1 N–H and O–H groups in total. The molecule has 154 valence electrons. The summed E-state index contributed by atoms with van der Waals surface area (Å²) in [5, 5.41) is 2.81. The number of hydrogen-bond acceptors (Lipinski definition) is 5. The van der Waals surface area contributed by atoms with Crippen LogP contribution in [0.4, 0.5) is 11.4 Å². The Balaban J connectivity index is 1.60. The zero-order chi connectivity index (χ0) is 20.8. The smallest absolute Gasteiger partial charge is 0.265 e. The van der Waals surface area contributed by atoms with Crippen LogP contribution in [0.15, 0.2) is 42.5 Å². The third-order valence-electron chi connectivity index (χ3n) is 4.66. The number of benzene rings is 2. The summed E-state index contributed by atoms with van der Waals surface area (Å²) >= 11 is 0. The van der Waals surface area contributed by atoms with Crippen LogP contribution >= 0.6 is 0 Å². The zero-order valence-corrected chi connectivity index (χ0v) is 17.1. The van der Waals surface area contributed by atoms with Crippen molar-refractivity contribution in [1.82, 2.24) is 4.90 Å². The lowest BCUT2D eigenvalue weighted by molar-refractivity contribution is -0.121. The molecular weight excluding hydrogens is 370 g/mol. The van der Waals surface area contributed by atoms with E-state index in [0.29, 0.717) is 29.4 Å². The van der Waals surface area contributed by atoms with Gasteiger partial charge >= 0.3 is 0 Å². The molecule has 3 rings (SSSR count). The molecule has 0 saturated carbocycles. The van der Waals surface area contributed by atoms with Crippen LogP contribution in [0, 0.1) is 0 Å². The molecule has 2 aromatic carbocycles. The fourth-order valence-electron chi connectivity index (χ4n) is 2.99. The highest BCUT2D eigenvalue weighted by molar-refractivity contribution is 5.99. The van der Waals surface area contributed by atoms with Crippen molar-refractivity contribution < 1.29 is 19.1 Å². The second kappa shape index (κ2) is 9.43. The van der Waals surface area contributed by atoms with Gasteiger partial charge in [-0.3, -0.25) is 9.59 Å². The highest BCUT2D eigenvalue weighted by atomic mass is 16.5. The number of ether oxygens (including phenoxy) is 2. The molecule has 0 bridgehead atoms. The van der Waals surface area contributed by atoms with Gasteiger partial charge < -0.3 is 24.6 Å². The van der Waals surface area contributed by atoms with Gasteiger partial charge in [0.1, 0.15) is 11.5 Å². The number of rotatable bonds is 8. The molecule has 2 amide bonds. The van der Waals surface area contributed by atoms with Crippen LogP contribution in [-0.2, 0) is 16.0 Å². The molecule has 1 aliphatic heterocycles. The molecule has 7 heteroatoms. The Morgan fingerprint density at radius 2 is 1.97 bits per heavy atom. The molecule has 0 atom stereocenters. The van der Waals surface area contributed by atoms with E-state index in [1.54, 1.807) is 23.1 Å². The predicted molar refractivity (Wildman–Crippen MR) is 113 cm³/mol. The minimum atomic E-state index is -0.263. The fourth-order valence-corrected chi connectivity index (χ4v) is 2.99. The number of carbonyl (C=O) groups is 2. The summed E-state index contributed by atoms with van der Waals surface area (Å²) in [6.45, 7) is 3.33. The molecular formula is C22H27N3O4. The molecule has 29 heavy (non-hydrogen) atoms. The van der Waals surface area contributed by atoms with Crippen LogP contribution < -0.4 is 19.7 Å². The van der Waals surface area contributed by atoms with E-state index >= 15 is 0 Å². The molecule has 1 heterocycles. The van der Waals surface area contributed by atoms with Gasteiger partial charge in [-0.25, -0.2) is 0 Å². The Hall–Kier alpha value is -3.06. The van der Waals surface area contributed by atoms with E-state index in [1.807, 2.05) is 43.3 Å². The zero-order valence-electron chi connectivity index (χ0n) is 17.1. The summed E-state index contributed by atoms with van der Waals surface area (Å²) in [5.41, 5.74) is 2.53. The van der Waals surface area contributed by atoms with E-state index in [4.69, 9.17) is 9.47 Å². The maximum atomic E-state index is 12.2. The molecule has 7 nitrogen and oxygen atoms in total. The monoisotopic (exact) mass is 397 g/mol. The van der Waals surface area contributed by atoms with E-state index in [-0.39, 0.29) is 25.0 Å². The number of aryl methyl sites for hydroxylation is 1. The summed E-state index contributed by atoms with van der Waals surface area (Å²) in [4.78, 5) is 28.1. The number of likely N-dealkylation sites (N-methyl/N-ethyl adjacent to an activating group) is 1. The average Bonchev–Trinajstić information content (AvgIpc) is 2.72. The van der Waals surface area contributed by atoms with E-state index in [9.17, 15) is 9.59 Å². The third kappa shape index (κ3) is 5.48. The minimum Gasteiger partial charge on any atom is -0.484 e. The van der Waals surface area contributed by atoms with Crippen molar-refractivity contribution in [2.75, 3.05) is 50.6 Å². The molecule has 1 aliphatic rings. The summed E-state index contributed by atoms with van der Waals surface area (Å²) in [5.74, 6) is 0.901. The van der Waals surface area contributed by atoms with Crippen molar-refractivity contribution in [1.29, 1.82) is 0 Å². The Morgan fingerprint density at radius 1 is 1.21 bits per heavy atom. The molecule has 0 aliphatic carbocycles. The van der Waals surface area contributed by atoms with Crippen molar-refractivity contribution in [3.05, 3.63) is 48.0 Å². The predicted octanol–water partition coefficient (Wildman–Crippen LogP) is 2.55. The number of hydrogen-bond donors (Lipinski definition) is 1. The summed E-state index contributed by atoms with van der Waals surface area (Å²) in [7, 11) is 3.93. The van der Waals surface area contributed by atoms with Crippen LogP contribution in [0.3, 0.4) is 0 Å². The van der Waals surface area contributed by atoms with E-state index in [1.165, 1.54) is 5.56 Å². The van der Waals surface area contributed by atoms with Crippen molar-refractivity contribution in [2.24, 2.45) is 0 Å². The van der Waals surface area contributed by atoms with Gasteiger partial charge in [-0.2, -0.15) is 0 Å². The van der Waals surface area contributed by atoms with Gasteiger partial charge in [-0.15, -0.1) is 0 Å². The summed E-state index contributed by atoms with van der Waals surface area (Å²) in [6, 6.07) is 13.0. The largest absolute Gasteiger partial charge is 0.484 e. The number of carbonyl (C=O) groups excluding carboxylic acids is 2. The minimum absolute atomic E-state index is 0.00526. The number of fused-ring (bicyclic) bond motifs is 1. The first kappa shape index (κ1) is 20.7. The molecule has 0 unspecified atom stereocenters. The van der Waals surface area contributed by atoms with Crippen LogP contribution in [0.5, 0.6) is 11.5 Å². The van der Waals surface area contributed by atoms with E-state index < -0.39 is 0 Å². The Kier molecular flexibility index (Phi) is 6.72. The van der Waals surface area contributed by atoms with Crippen LogP contribution in [0.25, 0.3) is 0 Å². The lowest BCUT2D eigenvalue weighted by Crippen LogP contribution is -2.42. The molecule has 0 radical (unpaired) electrons. The molecule has 2 aromatic rings. The first-order chi connectivity index (χ1) is 14.0. The van der Waals surface area contributed by atoms with Gasteiger partial charge in [-0.1, -0.05) is 19.1 Å². The normalized spacial score (nSPS) is 13.1. The van der Waals surface area contributed by atoms with Crippen LogP contribution in [0.1, 0.15) is 12.5 Å². The Labute approximate surface area is 171 Å². The molecule has 0 spiro atoms. The molecule has 0 fully saturated rings. The summed E-state index contributed by atoms with van der Waals surface area (Å²) < 4.78 is 11.1. The maximum absolute atomic E-state index is 12.2. The van der Waals surface area contributed by atoms with Gasteiger partial charge in [0.05, 0.1) is 5.69 Å². The standard InChI is InChI=1S/C22H27N3O4/c1-4-16-5-8-18(9-6-16)28-14-21(26)23-17-7-10-19-20(13-17)29-15-22(27)25(19)12-11-24(2)3/h5-10,13H,4,11-12,14-15H2,1-3H3,(H,23,26). The maximum Gasteiger partial charge on any atom is 0.265 e. The lowest BCUT2D eigenvalue weighted by Gasteiger charge is -2.30. The van der Waals surface area contributed by atoms with Crippen LogP contribution in [0.2, 0.25) is 0 Å². The SMILES string of the molecule is CCc1ccc(OCC(=O)Nc2ccc3c(c2)OCC(=O)N3CCN(C)C)cc1. The topological polar surface area (TPSA) is 71.1 Å². The number of anilines is 2. The van der Waals surface area contributed by atoms with Crippen molar-refractivity contribution in [3.8, 4) is 11.5 Å². The Bertz CT molecular complexity index is 865. The van der Waals surface area contributed by atoms with Crippen molar-refractivity contribution in [3.63, 3.8) is 0 Å². The lowest BCUT2D eigenvalue weighted by atomic mass is 10.2. The molecule has 0 aromatic heterocycles. The van der Waals surface area contributed by atoms with Crippen molar-refractivity contribution >= 4 is 23.2 Å². The quantitative estimate of drug-likeness (QED) is 0.741. The van der Waals surface area contributed by atoms with Gasteiger partial charge in [0.2, 0.25) is 0 Å². The van der Waals surface area contributed by atoms with Gasteiger partial charge in [-0.05, 0) is 50.3 Å². The highest BCUT2D eigenvalue weighted by Gasteiger charge is 2.25.